The van der Waals surface area contributed by atoms with Crippen molar-refractivity contribution in [1.29, 1.82) is 5.26 Å². The third-order valence-corrected chi connectivity index (χ3v) is 2.37. The Kier molecular flexibility index (Phi) is 4.15. The van der Waals surface area contributed by atoms with Crippen LogP contribution in [0.2, 0.25) is 5.02 Å². The second-order valence-electron chi connectivity index (χ2n) is 3.16. The quantitative estimate of drug-likeness (QED) is 0.820. The van der Waals surface area contributed by atoms with Gasteiger partial charge in [0.15, 0.2) is 0 Å². The van der Waals surface area contributed by atoms with Crippen LogP contribution in [0.1, 0.15) is 12.5 Å². The second kappa shape index (κ2) is 5.38. The molecule has 0 heterocycles. The Morgan fingerprint density at radius 1 is 1.62 bits per heavy atom. The maximum absolute atomic E-state index is 11.2. The van der Waals surface area contributed by atoms with E-state index in [1.807, 2.05) is 6.07 Å². The summed E-state index contributed by atoms with van der Waals surface area (Å²) in [4.78, 5) is 11.2. The van der Waals surface area contributed by atoms with Gasteiger partial charge in [-0.25, -0.2) is 4.79 Å². The Bertz CT molecular complexity index is 440. The van der Waals surface area contributed by atoms with Crippen molar-refractivity contribution >= 4 is 23.3 Å². The topological polar surface area (TPSA) is 62.1 Å². The van der Waals surface area contributed by atoms with E-state index >= 15 is 0 Å². The monoisotopic (exact) mass is 238 g/mol. The number of carbonyl (C=O) groups is 1. The van der Waals surface area contributed by atoms with Crippen LogP contribution in [0.5, 0.6) is 0 Å². The van der Waals surface area contributed by atoms with Crippen molar-refractivity contribution in [3.8, 4) is 6.07 Å². The smallest absolute Gasteiger partial charge is 0.327 e. The van der Waals surface area contributed by atoms with Gasteiger partial charge in [0.25, 0.3) is 0 Å². The molecule has 1 aromatic rings. The largest absolute Gasteiger partial charge is 0.467 e. The number of rotatable bonds is 3. The van der Waals surface area contributed by atoms with E-state index in [2.05, 4.69) is 10.1 Å². The lowest BCUT2D eigenvalue weighted by Crippen LogP contribution is -2.27. The van der Waals surface area contributed by atoms with Crippen LogP contribution in [0, 0.1) is 11.3 Å². The van der Waals surface area contributed by atoms with E-state index in [0.29, 0.717) is 16.3 Å². The highest BCUT2D eigenvalue weighted by Gasteiger charge is 2.15. The maximum atomic E-state index is 11.2. The number of nitriles is 1. The third kappa shape index (κ3) is 2.65. The van der Waals surface area contributed by atoms with Crippen LogP contribution in [0.4, 0.5) is 5.69 Å². The number of carbonyl (C=O) groups excluding carboxylic acids is 1. The van der Waals surface area contributed by atoms with E-state index in [-0.39, 0.29) is 0 Å². The molecule has 4 nitrogen and oxygen atoms in total. The zero-order valence-corrected chi connectivity index (χ0v) is 9.71. The number of benzene rings is 1. The first-order valence-corrected chi connectivity index (χ1v) is 5.01. The number of nitrogens with one attached hydrogen (secondary N) is 1. The zero-order chi connectivity index (χ0) is 12.1. The minimum absolute atomic E-state index is 0.319. The Morgan fingerprint density at radius 3 is 2.88 bits per heavy atom. The average Bonchev–Trinajstić information content (AvgIpc) is 2.28. The fourth-order valence-corrected chi connectivity index (χ4v) is 1.44. The van der Waals surface area contributed by atoms with E-state index in [9.17, 15) is 4.79 Å². The Hall–Kier alpha value is -1.73. The minimum atomic E-state index is -0.532. The van der Waals surface area contributed by atoms with Crippen molar-refractivity contribution in [2.45, 2.75) is 13.0 Å². The summed E-state index contributed by atoms with van der Waals surface area (Å²) in [5.41, 5.74) is 0.841. The van der Waals surface area contributed by atoms with Crippen LogP contribution >= 0.6 is 11.6 Å². The van der Waals surface area contributed by atoms with Crippen molar-refractivity contribution in [3.63, 3.8) is 0 Å². The standard InChI is InChI=1S/C11H11ClN2O2/c1-7(11(15)16-2)14-10-5-3-4-9(12)8(10)6-13/h3-5,7,14H,1-2H3. The lowest BCUT2D eigenvalue weighted by Gasteiger charge is -2.14. The van der Waals surface area contributed by atoms with Crippen LogP contribution < -0.4 is 5.32 Å². The van der Waals surface area contributed by atoms with Crippen molar-refractivity contribution in [3.05, 3.63) is 28.8 Å². The molecule has 5 heteroatoms. The van der Waals surface area contributed by atoms with Gasteiger partial charge in [0.2, 0.25) is 0 Å². The van der Waals surface area contributed by atoms with Crippen LogP contribution in [0.15, 0.2) is 18.2 Å². The van der Waals surface area contributed by atoms with Crippen molar-refractivity contribution in [2.24, 2.45) is 0 Å². The van der Waals surface area contributed by atoms with E-state index in [0.717, 1.165) is 0 Å². The molecular formula is C11H11ClN2O2. The predicted octanol–water partition coefficient (Wildman–Crippen LogP) is 2.19. The number of hydrogen-bond donors (Lipinski definition) is 1. The van der Waals surface area contributed by atoms with Crippen molar-refractivity contribution < 1.29 is 9.53 Å². The van der Waals surface area contributed by atoms with Gasteiger partial charge in [0, 0.05) is 0 Å². The van der Waals surface area contributed by atoms with Gasteiger partial charge in [0.1, 0.15) is 12.1 Å². The van der Waals surface area contributed by atoms with Gasteiger partial charge in [-0.3, -0.25) is 0 Å². The first-order chi connectivity index (χ1) is 7.60. The third-order valence-electron chi connectivity index (χ3n) is 2.05. The molecule has 0 amide bonds. The van der Waals surface area contributed by atoms with E-state index in [1.165, 1.54) is 7.11 Å². The highest BCUT2D eigenvalue weighted by molar-refractivity contribution is 6.32. The molecule has 0 aliphatic rings. The van der Waals surface area contributed by atoms with Gasteiger partial charge in [-0.2, -0.15) is 5.26 Å². The molecule has 1 N–H and O–H groups in total. The molecule has 1 atom stereocenters. The Balaban J connectivity index is 2.94. The van der Waals surface area contributed by atoms with Gasteiger partial charge < -0.3 is 10.1 Å². The average molecular weight is 239 g/mol. The van der Waals surface area contributed by atoms with Crippen molar-refractivity contribution in [2.75, 3.05) is 12.4 Å². The summed E-state index contributed by atoms with van der Waals surface area (Å²) in [5.74, 6) is -0.399. The molecule has 0 saturated heterocycles. The number of anilines is 1. The van der Waals surface area contributed by atoms with Crippen LogP contribution in [-0.2, 0) is 9.53 Å². The number of hydrogen-bond acceptors (Lipinski definition) is 4. The van der Waals surface area contributed by atoms with E-state index < -0.39 is 12.0 Å². The Morgan fingerprint density at radius 2 is 2.31 bits per heavy atom. The predicted molar refractivity (Wildman–Crippen MR) is 61.3 cm³/mol. The van der Waals surface area contributed by atoms with Crippen molar-refractivity contribution in [1.82, 2.24) is 0 Å². The van der Waals surface area contributed by atoms with Gasteiger partial charge in [-0.15, -0.1) is 0 Å². The number of halogens is 1. The summed E-state index contributed by atoms with van der Waals surface area (Å²) >= 11 is 5.85. The molecule has 0 spiro atoms. The summed E-state index contributed by atoms with van der Waals surface area (Å²) in [6.45, 7) is 1.65. The fourth-order valence-electron chi connectivity index (χ4n) is 1.23. The summed E-state index contributed by atoms with van der Waals surface area (Å²) < 4.78 is 4.57. The molecule has 0 aromatic heterocycles. The SMILES string of the molecule is COC(=O)C(C)Nc1cccc(Cl)c1C#N. The first-order valence-electron chi connectivity index (χ1n) is 4.63. The Labute approximate surface area is 98.8 Å². The highest BCUT2D eigenvalue weighted by atomic mass is 35.5. The van der Waals surface area contributed by atoms with E-state index in [4.69, 9.17) is 16.9 Å². The lowest BCUT2D eigenvalue weighted by molar-refractivity contribution is -0.141. The van der Waals surface area contributed by atoms with Gasteiger partial charge in [-0.05, 0) is 19.1 Å². The summed E-state index contributed by atoms with van der Waals surface area (Å²) in [6.07, 6.45) is 0. The second-order valence-corrected chi connectivity index (χ2v) is 3.57. The normalized spacial score (nSPS) is 11.4. The summed E-state index contributed by atoms with van der Waals surface area (Å²) in [5, 5.41) is 12.1. The number of nitrogens with zero attached hydrogens (tertiary/aromatic N) is 1. The van der Waals surface area contributed by atoms with Gasteiger partial charge in [-0.1, -0.05) is 17.7 Å². The molecule has 0 bridgehead atoms. The summed E-state index contributed by atoms with van der Waals surface area (Å²) in [7, 11) is 1.31. The zero-order valence-electron chi connectivity index (χ0n) is 8.95. The summed E-state index contributed by atoms with van der Waals surface area (Å²) in [6, 6.07) is 6.46. The fraction of sp³-hybridized carbons (Fsp3) is 0.273. The number of ether oxygens (including phenoxy) is 1. The molecule has 1 aromatic carbocycles. The molecule has 0 radical (unpaired) electrons. The molecule has 0 saturated carbocycles. The lowest BCUT2D eigenvalue weighted by atomic mass is 10.2. The van der Waals surface area contributed by atoms with Crippen LogP contribution in [-0.4, -0.2) is 19.1 Å². The van der Waals surface area contributed by atoms with Crippen LogP contribution in [0.25, 0.3) is 0 Å². The molecule has 84 valence electrons. The van der Waals surface area contributed by atoms with Gasteiger partial charge >= 0.3 is 5.97 Å². The van der Waals surface area contributed by atoms with E-state index in [1.54, 1.807) is 25.1 Å². The first kappa shape index (κ1) is 12.3. The highest BCUT2D eigenvalue weighted by Crippen LogP contribution is 2.23. The number of methoxy groups -OCH3 is 1. The van der Waals surface area contributed by atoms with Crippen LogP contribution in [0.3, 0.4) is 0 Å². The molecule has 1 rings (SSSR count). The molecule has 0 fully saturated rings. The molecule has 16 heavy (non-hydrogen) atoms. The molecule has 0 aliphatic heterocycles. The maximum Gasteiger partial charge on any atom is 0.327 e. The molecule has 1 unspecified atom stereocenters. The minimum Gasteiger partial charge on any atom is -0.467 e. The molecule has 0 aliphatic carbocycles. The number of esters is 1. The van der Waals surface area contributed by atoms with Gasteiger partial charge in [0.05, 0.1) is 23.4 Å². The molecular weight excluding hydrogens is 228 g/mol.